The number of amides is 1. The van der Waals surface area contributed by atoms with Gasteiger partial charge in [0, 0.05) is 18.7 Å². The highest BCUT2D eigenvalue weighted by Crippen LogP contribution is 2.12. The minimum absolute atomic E-state index is 0.137. The summed E-state index contributed by atoms with van der Waals surface area (Å²) in [6.07, 6.45) is 0.770. The minimum Gasteiger partial charge on any atom is -0.330 e. The third-order valence-electron chi connectivity index (χ3n) is 2.87. The molecule has 0 atom stereocenters. The lowest BCUT2D eigenvalue weighted by molar-refractivity contribution is 0.102. The molecule has 5 heteroatoms. The number of benzene rings is 1. The van der Waals surface area contributed by atoms with E-state index in [0.717, 1.165) is 17.7 Å². The first kappa shape index (κ1) is 13.3. The second kappa shape index (κ2) is 5.67. The second-order valence-electron chi connectivity index (χ2n) is 4.49. The van der Waals surface area contributed by atoms with Crippen LogP contribution in [0.5, 0.6) is 0 Å². The molecule has 0 aliphatic carbocycles. The van der Waals surface area contributed by atoms with Crippen molar-refractivity contribution >= 4 is 11.7 Å². The first-order chi connectivity index (χ1) is 9.10. The van der Waals surface area contributed by atoms with Crippen LogP contribution in [0.2, 0.25) is 0 Å². The van der Waals surface area contributed by atoms with Crippen molar-refractivity contribution in [3.63, 3.8) is 0 Å². The molecule has 2 aromatic rings. The molecule has 0 bridgehead atoms. The normalized spacial score (nSPS) is 10.5. The second-order valence-corrected chi connectivity index (χ2v) is 4.49. The van der Waals surface area contributed by atoms with E-state index < -0.39 is 0 Å². The number of hydrogen-bond donors (Lipinski definition) is 2. The molecule has 3 N–H and O–H groups in total. The quantitative estimate of drug-likeness (QED) is 0.872. The molecule has 19 heavy (non-hydrogen) atoms. The highest BCUT2D eigenvalue weighted by Gasteiger charge is 2.09. The van der Waals surface area contributed by atoms with E-state index in [-0.39, 0.29) is 5.91 Å². The Morgan fingerprint density at radius 1 is 1.42 bits per heavy atom. The molecule has 1 amide bonds. The maximum Gasteiger partial charge on any atom is 0.256 e. The Labute approximate surface area is 112 Å². The van der Waals surface area contributed by atoms with Crippen molar-refractivity contribution in [3.05, 3.63) is 47.2 Å². The summed E-state index contributed by atoms with van der Waals surface area (Å²) in [5, 5.41) is 7.04. The van der Waals surface area contributed by atoms with Crippen LogP contribution in [-0.2, 0) is 13.5 Å². The van der Waals surface area contributed by atoms with E-state index in [1.165, 1.54) is 0 Å². The summed E-state index contributed by atoms with van der Waals surface area (Å²) in [5.74, 6) is 0.550. The Morgan fingerprint density at radius 2 is 2.21 bits per heavy atom. The lowest BCUT2D eigenvalue weighted by Crippen LogP contribution is -2.15. The Kier molecular flexibility index (Phi) is 3.97. The molecule has 0 radical (unpaired) electrons. The van der Waals surface area contributed by atoms with Gasteiger partial charge in [0.05, 0.1) is 5.69 Å². The standard InChI is InChI=1S/C14H18N4O/c1-10-8-13(18(2)17-10)16-14(19)12-5-3-4-11(9-12)6-7-15/h3-5,8-9H,6-7,15H2,1-2H3,(H,16,19). The predicted octanol–water partition coefficient (Wildman–Crippen LogP) is 1.48. The van der Waals surface area contributed by atoms with Gasteiger partial charge < -0.3 is 11.1 Å². The molecule has 5 nitrogen and oxygen atoms in total. The van der Waals surface area contributed by atoms with Gasteiger partial charge in [-0.3, -0.25) is 9.48 Å². The Bertz CT molecular complexity index is 589. The Hall–Kier alpha value is -2.14. The van der Waals surface area contributed by atoms with Gasteiger partial charge in [0.1, 0.15) is 5.82 Å². The molecule has 1 heterocycles. The fourth-order valence-corrected chi connectivity index (χ4v) is 1.95. The maximum atomic E-state index is 12.1. The Balaban J connectivity index is 2.15. The van der Waals surface area contributed by atoms with Crippen molar-refractivity contribution < 1.29 is 4.79 Å². The third-order valence-corrected chi connectivity index (χ3v) is 2.87. The van der Waals surface area contributed by atoms with Crippen molar-refractivity contribution in [3.8, 4) is 0 Å². The van der Waals surface area contributed by atoms with E-state index in [4.69, 9.17) is 5.73 Å². The molecule has 0 fully saturated rings. The number of carbonyl (C=O) groups is 1. The molecular weight excluding hydrogens is 240 g/mol. The van der Waals surface area contributed by atoms with Crippen LogP contribution in [0.15, 0.2) is 30.3 Å². The SMILES string of the molecule is Cc1cc(NC(=O)c2cccc(CCN)c2)n(C)n1. The number of nitrogens with two attached hydrogens (primary N) is 1. The fourth-order valence-electron chi connectivity index (χ4n) is 1.95. The predicted molar refractivity (Wildman–Crippen MR) is 75.1 cm³/mol. The molecule has 1 aromatic heterocycles. The largest absolute Gasteiger partial charge is 0.330 e. The number of nitrogens with zero attached hydrogens (tertiary/aromatic N) is 2. The van der Waals surface area contributed by atoms with Gasteiger partial charge in [-0.05, 0) is 37.6 Å². The number of anilines is 1. The summed E-state index contributed by atoms with van der Waals surface area (Å²) < 4.78 is 1.65. The van der Waals surface area contributed by atoms with Gasteiger partial charge in [-0.2, -0.15) is 5.10 Å². The number of rotatable bonds is 4. The number of hydrogen-bond acceptors (Lipinski definition) is 3. The van der Waals surface area contributed by atoms with Crippen LogP contribution in [0.1, 0.15) is 21.6 Å². The average molecular weight is 258 g/mol. The lowest BCUT2D eigenvalue weighted by atomic mass is 10.1. The zero-order valence-electron chi connectivity index (χ0n) is 11.2. The molecule has 0 aliphatic rings. The number of nitrogens with one attached hydrogen (secondary N) is 1. The highest BCUT2D eigenvalue weighted by molar-refractivity contribution is 6.03. The van der Waals surface area contributed by atoms with Crippen molar-refractivity contribution in [1.82, 2.24) is 9.78 Å². The molecule has 0 saturated heterocycles. The van der Waals surface area contributed by atoms with Crippen LogP contribution >= 0.6 is 0 Å². The molecule has 1 aromatic carbocycles. The van der Waals surface area contributed by atoms with Gasteiger partial charge >= 0.3 is 0 Å². The summed E-state index contributed by atoms with van der Waals surface area (Å²) >= 11 is 0. The fraction of sp³-hybridized carbons (Fsp3) is 0.286. The highest BCUT2D eigenvalue weighted by atomic mass is 16.1. The molecular formula is C14H18N4O. The van der Waals surface area contributed by atoms with Gasteiger partial charge in [-0.15, -0.1) is 0 Å². The topological polar surface area (TPSA) is 72.9 Å². The molecule has 0 saturated carbocycles. The molecule has 0 unspecified atom stereocenters. The maximum absolute atomic E-state index is 12.1. The molecule has 100 valence electrons. The molecule has 2 rings (SSSR count). The van der Waals surface area contributed by atoms with E-state index in [9.17, 15) is 4.79 Å². The van der Waals surface area contributed by atoms with Crippen LogP contribution < -0.4 is 11.1 Å². The van der Waals surface area contributed by atoms with Crippen molar-refractivity contribution in [2.45, 2.75) is 13.3 Å². The number of aryl methyl sites for hydroxylation is 2. The van der Waals surface area contributed by atoms with Crippen LogP contribution in [-0.4, -0.2) is 22.2 Å². The van der Waals surface area contributed by atoms with E-state index >= 15 is 0 Å². The lowest BCUT2D eigenvalue weighted by Gasteiger charge is -2.06. The zero-order valence-corrected chi connectivity index (χ0v) is 11.2. The van der Waals surface area contributed by atoms with Crippen molar-refractivity contribution in [1.29, 1.82) is 0 Å². The first-order valence-corrected chi connectivity index (χ1v) is 6.21. The van der Waals surface area contributed by atoms with Gasteiger partial charge in [-0.25, -0.2) is 0 Å². The van der Waals surface area contributed by atoms with Crippen LogP contribution in [0.25, 0.3) is 0 Å². The summed E-state index contributed by atoms with van der Waals surface area (Å²) in [7, 11) is 1.80. The monoisotopic (exact) mass is 258 g/mol. The van der Waals surface area contributed by atoms with Crippen molar-refractivity contribution in [2.75, 3.05) is 11.9 Å². The summed E-state index contributed by atoms with van der Waals surface area (Å²) in [5.41, 5.74) is 8.09. The van der Waals surface area contributed by atoms with Gasteiger partial charge in [-0.1, -0.05) is 12.1 Å². The molecule has 0 spiro atoms. The third kappa shape index (κ3) is 3.20. The van der Waals surface area contributed by atoms with E-state index in [1.807, 2.05) is 31.2 Å². The first-order valence-electron chi connectivity index (χ1n) is 6.21. The number of carbonyl (C=O) groups excluding carboxylic acids is 1. The summed E-state index contributed by atoms with van der Waals surface area (Å²) in [6, 6.07) is 9.33. The molecule has 0 aliphatic heterocycles. The average Bonchev–Trinajstić information content (AvgIpc) is 2.68. The van der Waals surface area contributed by atoms with Crippen LogP contribution in [0.3, 0.4) is 0 Å². The van der Waals surface area contributed by atoms with E-state index in [2.05, 4.69) is 10.4 Å². The Morgan fingerprint density at radius 3 is 2.84 bits per heavy atom. The van der Waals surface area contributed by atoms with Gasteiger partial charge in [0.2, 0.25) is 0 Å². The van der Waals surface area contributed by atoms with Gasteiger partial charge in [0.25, 0.3) is 5.91 Å². The zero-order chi connectivity index (χ0) is 13.8. The summed E-state index contributed by atoms with van der Waals surface area (Å²) in [6.45, 7) is 2.46. The van der Waals surface area contributed by atoms with Gasteiger partial charge in [0.15, 0.2) is 0 Å². The van der Waals surface area contributed by atoms with Crippen LogP contribution in [0.4, 0.5) is 5.82 Å². The minimum atomic E-state index is -0.137. The number of aromatic nitrogens is 2. The van der Waals surface area contributed by atoms with Crippen LogP contribution in [0, 0.1) is 6.92 Å². The smallest absolute Gasteiger partial charge is 0.256 e. The van der Waals surface area contributed by atoms with Crippen molar-refractivity contribution in [2.24, 2.45) is 12.8 Å². The van der Waals surface area contributed by atoms with E-state index in [0.29, 0.717) is 17.9 Å². The van der Waals surface area contributed by atoms with E-state index in [1.54, 1.807) is 17.8 Å². The summed E-state index contributed by atoms with van der Waals surface area (Å²) in [4.78, 5) is 12.1.